The van der Waals surface area contributed by atoms with Crippen LogP contribution >= 0.6 is 0 Å². The third-order valence-corrected chi connectivity index (χ3v) is 3.85. The normalized spacial score (nSPS) is 16.9. The highest BCUT2D eigenvalue weighted by Gasteiger charge is 2.45. The molecule has 0 unspecified atom stereocenters. The molecule has 0 radical (unpaired) electrons. The number of likely N-dealkylation sites (tertiary alicyclic amines) is 1. The lowest BCUT2D eigenvalue weighted by atomic mass is 9.83. The fourth-order valence-electron chi connectivity index (χ4n) is 2.17. The predicted octanol–water partition coefficient (Wildman–Crippen LogP) is 1.27. The number of nitrogens with two attached hydrogens (primary N) is 1. The predicted molar refractivity (Wildman–Crippen MR) is 77.3 cm³/mol. The molecule has 1 aliphatic heterocycles. The highest BCUT2D eigenvalue weighted by atomic mass is 16.5. The zero-order valence-electron chi connectivity index (χ0n) is 12.0. The Kier molecular flexibility index (Phi) is 4.18. The Bertz CT molecular complexity index is 482. The van der Waals surface area contributed by atoms with Crippen LogP contribution in [0.2, 0.25) is 0 Å². The number of anilines is 1. The van der Waals surface area contributed by atoms with Gasteiger partial charge in [-0.2, -0.15) is 0 Å². The molecule has 1 aromatic rings. The zero-order chi connectivity index (χ0) is 14.8. The molecule has 0 saturated carbocycles. The number of para-hydroxylation sites is 2. The van der Waals surface area contributed by atoms with Gasteiger partial charge in [-0.1, -0.05) is 26.0 Å². The van der Waals surface area contributed by atoms with E-state index in [1.807, 2.05) is 26.0 Å². The first kappa shape index (κ1) is 14.7. The van der Waals surface area contributed by atoms with Crippen LogP contribution < -0.4 is 10.5 Å². The van der Waals surface area contributed by atoms with Crippen LogP contribution in [0.25, 0.3) is 0 Å². The summed E-state index contributed by atoms with van der Waals surface area (Å²) in [5, 5.41) is 10.1. The number of β-amino-alcohol motifs (C(OH)–C–C–N with tert-alkyl or cyclic N) is 1. The van der Waals surface area contributed by atoms with Gasteiger partial charge in [0.05, 0.1) is 31.8 Å². The molecule has 5 heteroatoms. The van der Waals surface area contributed by atoms with Crippen LogP contribution in [0, 0.1) is 5.92 Å². The van der Waals surface area contributed by atoms with Crippen molar-refractivity contribution in [3.8, 4) is 5.75 Å². The van der Waals surface area contributed by atoms with Crippen molar-refractivity contribution in [3.63, 3.8) is 0 Å². The van der Waals surface area contributed by atoms with Gasteiger partial charge in [0.1, 0.15) is 11.4 Å². The summed E-state index contributed by atoms with van der Waals surface area (Å²) in [5.74, 6) is 0.763. The van der Waals surface area contributed by atoms with Gasteiger partial charge in [-0.15, -0.1) is 0 Å². The Labute approximate surface area is 119 Å². The molecular weight excluding hydrogens is 256 g/mol. The Morgan fingerprint density at radius 1 is 1.45 bits per heavy atom. The van der Waals surface area contributed by atoms with Gasteiger partial charge in [0.15, 0.2) is 0 Å². The van der Waals surface area contributed by atoms with Crippen molar-refractivity contribution in [3.05, 3.63) is 24.3 Å². The number of amides is 1. The average Bonchev–Trinajstić information content (AvgIpc) is 2.36. The van der Waals surface area contributed by atoms with E-state index in [9.17, 15) is 9.90 Å². The highest BCUT2D eigenvalue weighted by Crippen LogP contribution is 2.29. The second-order valence-electron chi connectivity index (χ2n) is 5.64. The minimum absolute atomic E-state index is 0.00447. The summed E-state index contributed by atoms with van der Waals surface area (Å²) in [6, 6.07) is 7.21. The number of benzene rings is 1. The van der Waals surface area contributed by atoms with Crippen molar-refractivity contribution in [2.24, 2.45) is 5.92 Å². The maximum atomic E-state index is 11.9. The number of ether oxygens (including phenoxy) is 1. The van der Waals surface area contributed by atoms with Crippen molar-refractivity contribution < 1.29 is 14.6 Å². The molecule has 1 amide bonds. The summed E-state index contributed by atoms with van der Waals surface area (Å²) in [7, 11) is 0. The number of rotatable bonds is 5. The number of nitrogen functional groups attached to an aromatic ring is 1. The van der Waals surface area contributed by atoms with Crippen molar-refractivity contribution in [1.29, 1.82) is 0 Å². The van der Waals surface area contributed by atoms with Crippen LogP contribution in [0.4, 0.5) is 5.69 Å². The molecule has 2 rings (SSSR count). The molecule has 1 aliphatic rings. The van der Waals surface area contributed by atoms with E-state index in [4.69, 9.17) is 10.5 Å². The number of carbonyl (C=O) groups is 1. The van der Waals surface area contributed by atoms with E-state index >= 15 is 0 Å². The minimum Gasteiger partial charge on any atom is -0.491 e. The highest BCUT2D eigenvalue weighted by molar-refractivity contribution is 5.77. The van der Waals surface area contributed by atoms with E-state index in [0.29, 0.717) is 37.6 Å². The van der Waals surface area contributed by atoms with Gasteiger partial charge in [-0.3, -0.25) is 4.79 Å². The molecule has 0 bridgehead atoms. The maximum Gasteiger partial charge on any atom is 0.226 e. The topological polar surface area (TPSA) is 75.8 Å². The van der Waals surface area contributed by atoms with Crippen LogP contribution in [0.5, 0.6) is 5.75 Å². The molecule has 0 aromatic heterocycles. The lowest BCUT2D eigenvalue weighted by molar-refractivity contribution is -0.164. The van der Waals surface area contributed by atoms with E-state index in [1.54, 1.807) is 17.0 Å². The first-order chi connectivity index (χ1) is 9.42. The quantitative estimate of drug-likeness (QED) is 0.795. The maximum absolute atomic E-state index is 11.9. The van der Waals surface area contributed by atoms with Gasteiger partial charge in [0.2, 0.25) is 5.91 Å². The lowest BCUT2D eigenvalue weighted by Crippen LogP contribution is -2.66. The first-order valence-corrected chi connectivity index (χ1v) is 6.90. The molecule has 1 saturated heterocycles. The molecule has 0 atom stereocenters. The third kappa shape index (κ3) is 3.04. The van der Waals surface area contributed by atoms with E-state index in [2.05, 4.69) is 0 Å². The van der Waals surface area contributed by atoms with E-state index in [1.165, 1.54) is 0 Å². The summed E-state index contributed by atoms with van der Waals surface area (Å²) in [4.78, 5) is 13.6. The number of carbonyl (C=O) groups excluding carboxylic acids is 1. The molecule has 110 valence electrons. The second kappa shape index (κ2) is 5.71. The fourth-order valence-corrected chi connectivity index (χ4v) is 2.17. The van der Waals surface area contributed by atoms with Crippen LogP contribution in [-0.2, 0) is 4.79 Å². The monoisotopic (exact) mass is 278 g/mol. The summed E-state index contributed by atoms with van der Waals surface area (Å²) in [6.07, 6.45) is 0.294. The van der Waals surface area contributed by atoms with Gasteiger partial charge in [0, 0.05) is 0 Å². The fraction of sp³-hybridized carbons (Fsp3) is 0.533. The van der Waals surface area contributed by atoms with Crippen molar-refractivity contribution in [2.75, 3.05) is 25.4 Å². The molecular formula is C15H22N2O3. The van der Waals surface area contributed by atoms with Crippen LogP contribution in [0.3, 0.4) is 0 Å². The second-order valence-corrected chi connectivity index (χ2v) is 5.64. The average molecular weight is 278 g/mol. The Hall–Kier alpha value is -1.75. The smallest absolute Gasteiger partial charge is 0.226 e. The molecule has 1 heterocycles. The van der Waals surface area contributed by atoms with Crippen LogP contribution in [0.1, 0.15) is 20.3 Å². The van der Waals surface area contributed by atoms with E-state index in [-0.39, 0.29) is 11.8 Å². The largest absolute Gasteiger partial charge is 0.491 e. The van der Waals surface area contributed by atoms with Crippen molar-refractivity contribution >= 4 is 11.6 Å². The van der Waals surface area contributed by atoms with E-state index in [0.717, 1.165) is 0 Å². The van der Waals surface area contributed by atoms with Crippen molar-refractivity contribution in [1.82, 2.24) is 4.90 Å². The minimum atomic E-state index is -0.722. The number of hydrogen-bond acceptors (Lipinski definition) is 4. The van der Waals surface area contributed by atoms with Gasteiger partial charge in [-0.05, 0) is 18.1 Å². The SMILES string of the molecule is CC(C)C1(O)CN(C(=O)CCOc2ccccc2N)C1. The third-order valence-electron chi connectivity index (χ3n) is 3.85. The van der Waals surface area contributed by atoms with E-state index < -0.39 is 5.60 Å². The van der Waals surface area contributed by atoms with Gasteiger partial charge < -0.3 is 20.5 Å². The van der Waals surface area contributed by atoms with Crippen molar-refractivity contribution in [2.45, 2.75) is 25.9 Å². The zero-order valence-corrected chi connectivity index (χ0v) is 12.0. The molecule has 0 spiro atoms. The molecule has 3 N–H and O–H groups in total. The summed E-state index contributed by atoms with van der Waals surface area (Å²) in [5.41, 5.74) is 5.60. The lowest BCUT2D eigenvalue weighted by Gasteiger charge is -2.49. The van der Waals surface area contributed by atoms with Crippen LogP contribution in [-0.4, -0.2) is 41.2 Å². The molecule has 0 aliphatic carbocycles. The van der Waals surface area contributed by atoms with Crippen LogP contribution in [0.15, 0.2) is 24.3 Å². The summed E-state index contributed by atoms with van der Waals surface area (Å²) < 4.78 is 5.49. The molecule has 1 fully saturated rings. The Morgan fingerprint density at radius 2 is 2.10 bits per heavy atom. The number of aliphatic hydroxyl groups is 1. The Morgan fingerprint density at radius 3 is 2.70 bits per heavy atom. The molecule has 1 aromatic carbocycles. The van der Waals surface area contributed by atoms with Gasteiger partial charge in [-0.25, -0.2) is 0 Å². The summed E-state index contributed by atoms with van der Waals surface area (Å²) in [6.45, 7) is 5.05. The van der Waals surface area contributed by atoms with Gasteiger partial charge in [0.25, 0.3) is 0 Å². The number of nitrogens with zero attached hydrogens (tertiary/aromatic N) is 1. The molecule has 20 heavy (non-hydrogen) atoms. The van der Waals surface area contributed by atoms with Gasteiger partial charge >= 0.3 is 0 Å². The first-order valence-electron chi connectivity index (χ1n) is 6.90. The number of hydrogen-bond donors (Lipinski definition) is 2. The standard InChI is InChI=1S/C15H22N2O3/c1-11(2)15(19)9-17(10-15)14(18)7-8-20-13-6-4-3-5-12(13)16/h3-6,11,19H,7-10,16H2,1-2H3. The summed E-state index contributed by atoms with van der Waals surface area (Å²) >= 11 is 0. The Balaban J connectivity index is 1.74. The molecule has 5 nitrogen and oxygen atoms in total.